The lowest BCUT2D eigenvalue weighted by atomic mass is 10.1. The summed E-state index contributed by atoms with van der Waals surface area (Å²) in [6.45, 7) is 1.77. The lowest BCUT2D eigenvalue weighted by Crippen LogP contribution is -2.42. The van der Waals surface area contributed by atoms with E-state index in [1.165, 1.54) is 12.1 Å². The van der Waals surface area contributed by atoms with E-state index in [-0.39, 0.29) is 10.9 Å². The summed E-state index contributed by atoms with van der Waals surface area (Å²) in [5, 5.41) is 5.05. The molecule has 1 aliphatic heterocycles. The molecule has 0 aliphatic carbocycles. The Balaban J connectivity index is 2.18. The van der Waals surface area contributed by atoms with Crippen molar-refractivity contribution in [2.45, 2.75) is 23.8 Å². The van der Waals surface area contributed by atoms with Crippen LogP contribution in [0.1, 0.15) is 12.8 Å². The molecule has 1 heterocycles. The number of rotatable bonds is 2. The summed E-state index contributed by atoms with van der Waals surface area (Å²) in [6.07, 6.45) is 2.11. The Kier molecular flexibility index (Phi) is 3.37. The summed E-state index contributed by atoms with van der Waals surface area (Å²) in [6, 6.07) is 6.81. The zero-order valence-electron chi connectivity index (χ0n) is 9.54. The fourth-order valence-electron chi connectivity index (χ4n) is 2.09. The van der Waals surface area contributed by atoms with Gasteiger partial charge in [0.25, 0.3) is 0 Å². The van der Waals surface area contributed by atoms with Crippen LogP contribution >= 0.6 is 0 Å². The Hall–Kier alpha value is -1.11. The molecule has 0 amide bonds. The molecule has 5 nitrogen and oxygen atoms in total. The number of sulfonamides is 1. The molecule has 1 aromatic carbocycles. The predicted molar refractivity (Wildman–Crippen MR) is 67.2 cm³/mol. The fourth-order valence-corrected chi connectivity index (χ4v) is 2.61. The number of nitrogens with zero attached hydrogens (tertiary/aromatic N) is 1. The van der Waals surface area contributed by atoms with Gasteiger partial charge in [-0.05, 0) is 37.1 Å². The topological polar surface area (TPSA) is 89.4 Å². The molecule has 17 heavy (non-hydrogen) atoms. The molecule has 0 radical (unpaired) electrons. The van der Waals surface area contributed by atoms with Crippen LogP contribution in [0.3, 0.4) is 0 Å². The highest BCUT2D eigenvalue weighted by Gasteiger charge is 2.17. The largest absolute Gasteiger partial charge is 0.370 e. The third kappa shape index (κ3) is 2.96. The number of hydrogen-bond acceptors (Lipinski definition) is 4. The van der Waals surface area contributed by atoms with Crippen molar-refractivity contribution in [3.8, 4) is 0 Å². The van der Waals surface area contributed by atoms with Crippen molar-refractivity contribution in [3.63, 3.8) is 0 Å². The van der Waals surface area contributed by atoms with Gasteiger partial charge in [-0.25, -0.2) is 13.6 Å². The van der Waals surface area contributed by atoms with Crippen LogP contribution in [0.15, 0.2) is 29.2 Å². The van der Waals surface area contributed by atoms with Crippen molar-refractivity contribution in [2.75, 3.05) is 18.0 Å². The Morgan fingerprint density at radius 3 is 2.41 bits per heavy atom. The highest BCUT2D eigenvalue weighted by molar-refractivity contribution is 7.89. The number of anilines is 1. The van der Waals surface area contributed by atoms with Crippen molar-refractivity contribution < 1.29 is 8.42 Å². The summed E-state index contributed by atoms with van der Waals surface area (Å²) in [4.78, 5) is 2.31. The van der Waals surface area contributed by atoms with E-state index in [9.17, 15) is 8.42 Å². The molecule has 6 heteroatoms. The van der Waals surface area contributed by atoms with Crippen LogP contribution in [-0.4, -0.2) is 27.5 Å². The highest BCUT2D eigenvalue weighted by Crippen LogP contribution is 2.20. The van der Waals surface area contributed by atoms with Gasteiger partial charge in [0.05, 0.1) is 4.90 Å². The molecule has 0 bridgehead atoms. The first-order chi connectivity index (χ1) is 7.97. The lowest BCUT2D eigenvalue weighted by molar-refractivity contribution is 0.506. The molecule has 1 aromatic rings. The van der Waals surface area contributed by atoms with Gasteiger partial charge >= 0.3 is 0 Å². The molecular weight excluding hydrogens is 238 g/mol. The van der Waals surface area contributed by atoms with E-state index in [4.69, 9.17) is 10.9 Å². The standard InChI is InChI=1S/C11H17N3O2S/c12-9-2-1-7-14(8-9)10-3-5-11(6-4-10)17(13,15)16/h3-6,9H,1-2,7-8,12H2,(H2,13,15,16). The minimum Gasteiger partial charge on any atom is -0.370 e. The number of nitrogens with two attached hydrogens (primary N) is 2. The maximum atomic E-state index is 11.1. The van der Waals surface area contributed by atoms with Crippen LogP contribution in [0.5, 0.6) is 0 Å². The van der Waals surface area contributed by atoms with Crippen LogP contribution in [0.4, 0.5) is 5.69 Å². The highest BCUT2D eigenvalue weighted by atomic mass is 32.2. The smallest absolute Gasteiger partial charge is 0.238 e. The Morgan fingerprint density at radius 2 is 1.88 bits per heavy atom. The number of hydrogen-bond donors (Lipinski definition) is 2. The molecular formula is C11H17N3O2S. The molecule has 1 saturated heterocycles. The van der Waals surface area contributed by atoms with E-state index in [1.807, 2.05) is 0 Å². The quantitative estimate of drug-likeness (QED) is 0.793. The predicted octanol–water partition coefficient (Wildman–Crippen LogP) is 0.262. The van der Waals surface area contributed by atoms with Gasteiger partial charge in [-0.1, -0.05) is 0 Å². The zero-order chi connectivity index (χ0) is 12.5. The second kappa shape index (κ2) is 4.64. The van der Waals surface area contributed by atoms with Crippen molar-refractivity contribution >= 4 is 15.7 Å². The number of piperidine rings is 1. The molecule has 1 atom stereocenters. The van der Waals surface area contributed by atoms with E-state index in [0.29, 0.717) is 0 Å². The van der Waals surface area contributed by atoms with E-state index >= 15 is 0 Å². The normalized spacial score (nSPS) is 21.5. The monoisotopic (exact) mass is 255 g/mol. The number of primary sulfonamides is 1. The molecule has 0 aromatic heterocycles. The van der Waals surface area contributed by atoms with Crippen LogP contribution in [0, 0.1) is 0 Å². The maximum Gasteiger partial charge on any atom is 0.238 e. The van der Waals surface area contributed by atoms with Crippen LogP contribution < -0.4 is 15.8 Å². The van der Waals surface area contributed by atoms with Crippen molar-refractivity contribution in [1.29, 1.82) is 0 Å². The maximum absolute atomic E-state index is 11.1. The minimum atomic E-state index is -3.60. The molecule has 1 fully saturated rings. The van der Waals surface area contributed by atoms with Crippen molar-refractivity contribution in [3.05, 3.63) is 24.3 Å². The molecule has 0 saturated carbocycles. The van der Waals surface area contributed by atoms with Gasteiger partial charge in [0.1, 0.15) is 0 Å². The van der Waals surface area contributed by atoms with Gasteiger partial charge < -0.3 is 10.6 Å². The van der Waals surface area contributed by atoms with Crippen molar-refractivity contribution in [1.82, 2.24) is 0 Å². The Bertz CT molecular complexity index is 484. The van der Waals surface area contributed by atoms with E-state index in [1.54, 1.807) is 12.1 Å². The fraction of sp³-hybridized carbons (Fsp3) is 0.455. The Labute approximate surface area is 101 Å². The zero-order valence-corrected chi connectivity index (χ0v) is 10.4. The summed E-state index contributed by atoms with van der Waals surface area (Å²) in [5.74, 6) is 0. The van der Waals surface area contributed by atoms with Crippen LogP contribution in [-0.2, 0) is 10.0 Å². The summed E-state index contributed by atoms with van der Waals surface area (Å²) in [5.41, 5.74) is 6.90. The molecule has 2 rings (SSSR count). The average Bonchev–Trinajstić information content (AvgIpc) is 2.28. The summed E-state index contributed by atoms with van der Waals surface area (Å²) in [7, 11) is -3.60. The van der Waals surface area contributed by atoms with E-state index in [0.717, 1.165) is 31.6 Å². The van der Waals surface area contributed by atoms with Crippen LogP contribution in [0.2, 0.25) is 0 Å². The molecule has 1 unspecified atom stereocenters. The van der Waals surface area contributed by atoms with Gasteiger partial charge in [0.15, 0.2) is 0 Å². The molecule has 4 N–H and O–H groups in total. The van der Waals surface area contributed by atoms with Gasteiger partial charge in [-0.3, -0.25) is 0 Å². The first-order valence-corrected chi connectivity index (χ1v) is 7.15. The van der Waals surface area contributed by atoms with Crippen molar-refractivity contribution in [2.24, 2.45) is 10.9 Å². The van der Waals surface area contributed by atoms with E-state index < -0.39 is 10.0 Å². The molecule has 94 valence electrons. The average molecular weight is 255 g/mol. The second-order valence-electron chi connectivity index (χ2n) is 4.39. The Morgan fingerprint density at radius 1 is 1.24 bits per heavy atom. The van der Waals surface area contributed by atoms with Gasteiger partial charge in [-0.15, -0.1) is 0 Å². The summed E-state index contributed by atoms with van der Waals surface area (Å²) >= 11 is 0. The molecule has 1 aliphatic rings. The first-order valence-electron chi connectivity index (χ1n) is 5.60. The summed E-state index contributed by atoms with van der Waals surface area (Å²) < 4.78 is 22.2. The van der Waals surface area contributed by atoms with Gasteiger partial charge in [-0.2, -0.15) is 0 Å². The number of benzene rings is 1. The SMILES string of the molecule is NC1CCCN(c2ccc(S(N)(=O)=O)cc2)C1. The third-order valence-electron chi connectivity index (χ3n) is 2.99. The van der Waals surface area contributed by atoms with Gasteiger partial charge in [0.2, 0.25) is 10.0 Å². The first kappa shape index (κ1) is 12.3. The molecule has 0 spiro atoms. The third-order valence-corrected chi connectivity index (χ3v) is 3.92. The van der Waals surface area contributed by atoms with Gasteiger partial charge in [0, 0.05) is 24.8 Å². The lowest BCUT2D eigenvalue weighted by Gasteiger charge is -2.32. The minimum absolute atomic E-state index is 0.141. The second-order valence-corrected chi connectivity index (χ2v) is 5.95. The van der Waals surface area contributed by atoms with Crippen LogP contribution in [0.25, 0.3) is 0 Å². The van der Waals surface area contributed by atoms with E-state index in [2.05, 4.69) is 4.90 Å².